The van der Waals surface area contributed by atoms with Crippen molar-refractivity contribution in [3.8, 4) is 5.75 Å². The van der Waals surface area contributed by atoms with Gasteiger partial charge in [-0.1, -0.05) is 30.3 Å². The van der Waals surface area contributed by atoms with Gasteiger partial charge in [-0.15, -0.1) is 0 Å². The van der Waals surface area contributed by atoms with Gasteiger partial charge in [-0.3, -0.25) is 4.90 Å². The highest BCUT2D eigenvalue weighted by molar-refractivity contribution is 5.90. The third-order valence-electron chi connectivity index (χ3n) is 5.09. The van der Waals surface area contributed by atoms with E-state index in [0.717, 1.165) is 43.7 Å². The monoisotopic (exact) mass is 366 g/mol. The Morgan fingerprint density at radius 3 is 2.67 bits per heavy atom. The predicted molar refractivity (Wildman–Crippen MR) is 104 cm³/mol. The zero-order valence-electron chi connectivity index (χ0n) is 15.4. The van der Waals surface area contributed by atoms with Gasteiger partial charge in [0, 0.05) is 37.1 Å². The summed E-state index contributed by atoms with van der Waals surface area (Å²) in [5, 5.41) is 4.30. The van der Waals surface area contributed by atoms with E-state index < -0.39 is 5.82 Å². The van der Waals surface area contributed by atoms with E-state index in [4.69, 9.17) is 4.74 Å². The summed E-state index contributed by atoms with van der Waals surface area (Å²) in [5.41, 5.74) is 1.92. The fourth-order valence-electron chi connectivity index (χ4n) is 3.60. The van der Waals surface area contributed by atoms with Crippen molar-refractivity contribution in [3.63, 3.8) is 0 Å². The highest BCUT2D eigenvalue weighted by atomic mass is 19.1. The van der Waals surface area contributed by atoms with Gasteiger partial charge >= 0.3 is 0 Å². The van der Waals surface area contributed by atoms with E-state index in [-0.39, 0.29) is 5.75 Å². The number of fused-ring (bicyclic) bond motifs is 1. The summed E-state index contributed by atoms with van der Waals surface area (Å²) in [7, 11) is 1.46. The summed E-state index contributed by atoms with van der Waals surface area (Å²) < 4.78 is 19.0. The molecule has 0 amide bonds. The van der Waals surface area contributed by atoms with Crippen LogP contribution in [0, 0.1) is 5.82 Å². The quantitative estimate of drug-likeness (QED) is 0.743. The smallest absolute Gasteiger partial charge is 0.167 e. The van der Waals surface area contributed by atoms with E-state index in [1.807, 2.05) is 6.07 Å². The highest BCUT2D eigenvalue weighted by Crippen LogP contribution is 2.28. The lowest BCUT2D eigenvalue weighted by molar-refractivity contribution is 0.211. The Balaban J connectivity index is 1.43. The van der Waals surface area contributed by atoms with Crippen LogP contribution in [0.1, 0.15) is 18.4 Å². The minimum Gasteiger partial charge on any atom is -0.494 e. The van der Waals surface area contributed by atoms with Gasteiger partial charge in [0.1, 0.15) is 12.1 Å². The summed E-state index contributed by atoms with van der Waals surface area (Å²) in [5.74, 6) is 0.529. The molecule has 1 fully saturated rings. The lowest BCUT2D eigenvalue weighted by atomic mass is 10.0. The van der Waals surface area contributed by atoms with Crippen LogP contribution in [-0.2, 0) is 6.54 Å². The molecule has 1 aliphatic heterocycles. The number of ether oxygens (including phenoxy) is 1. The van der Waals surface area contributed by atoms with E-state index in [1.165, 1.54) is 25.1 Å². The molecule has 4 rings (SSSR count). The minimum atomic E-state index is -0.413. The molecule has 140 valence electrons. The van der Waals surface area contributed by atoms with Gasteiger partial charge < -0.3 is 10.1 Å². The van der Waals surface area contributed by atoms with Crippen LogP contribution in [-0.4, -0.2) is 41.1 Å². The number of halogens is 1. The number of benzene rings is 2. The van der Waals surface area contributed by atoms with Crippen LogP contribution in [0.5, 0.6) is 5.75 Å². The van der Waals surface area contributed by atoms with Crippen molar-refractivity contribution in [2.45, 2.75) is 25.4 Å². The molecule has 0 atom stereocenters. The average molecular weight is 366 g/mol. The number of likely N-dealkylation sites (tertiary alicyclic amines) is 1. The molecule has 0 saturated carbocycles. The number of rotatable bonds is 5. The first-order chi connectivity index (χ1) is 13.2. The molecular weight excluding hydrogens is 343 g/mol. The van der Waals surface area contributed by atoms with Crippen molar-refractivity contribution in [3.05, 3.63) is 60.2 Å². The predicted octanol–water partition coefficient (Wildman–Crippen LogP) is 3.85. The summed E-state index contributed by atoms with van der Waals surface area (Å²) in [4.78, 5) is 11.0. The Labute approximate surface area is 158 Å². The normalized spacial score (nSPS) is 15.8. The van der Waals surface area contributed by atoms with Crippen molar-refractivity contribution < 1.29 is 9.13 Å². The van der Waals surface area contributed by atoms with Gasteiger partial charge in [0.15, 0.2) is 11.6 Å². The summed E-state index contributed by atoms with van der Waals surface area (Å²) >= 11 is 0. The Morgan fingerprint density at radius 1 is 1.15 bits per heavy atom. The van der Waals surface area contributed by atoms with Crippen LogP contribution in [0.25, 0.3) is 10.9 Å². The number of nitrogens with zero attached hydrogens (tertiary/aromatic N) is 3. The topological polar surface area (TPSA) is 50.3 Å². The average Bonchev–Trinajstić information content (AvgIpc) is 2.70. The molecule has 3 aromatic rings. The largest absolute Gasteiger partial charge is 0.494 e. The highest BCUT2D eigenvalue weighted by Gasteiger charge is 2.20. The summed E-state index contributed by atoms with van der Waals surface area (Å²) in [6, 6.07) is 14.0. The zero-order chi connectivity index (χ0) is 18.6. The summed E-state index contributed by atoms with van der Waals surface area (Å²) in [6.45, 7) is 3.06. The molecule has 1 N–H and O–H groups in total. The Morgan fingerprint density at radius 2 is 1.93 bits per heavy atom. The lowest BCUT2D eigenvalue weighted by Gasteiger charge is -2.32. The molecule has 1 aromatic heterocycles. The maximum Gasteiger partial charge on any atom is 0.167 e. The standard InChI is InChI=1S/C21H23FN4O/c1-27-20-11-17-19(12-18(20)22)23-14-24-21(17)25-16-7-9-26(10-8-16)13-15-5-3-2-4-6-15/h2-6,11-12,14,16H,7-10,13H2,1H3,(H,23,24,25). The van der Waals surface area contributed by atoms with Crippen molar-refractivity contribution in [2.24, 2.45) is 0 Å². The fourth-order valence-corrected chi connectivity index (χ4v) is 3.60. The first-order valence-electron chi connectivity index (χ1n) is 9.24. The Kier molecular flexibility index (Phi) is 5.16. The molecule has 6 heteroatoms. The molecule has 0 bridgehead atoms. The van der Waals surface area contributed by atoms with Gasteiger partial charge in [0.05, 0.1) is 12.6 Å². The van der Waals surface area contributed by atoms with Crippen LogP contribution in [0.3, 0.4) is 0 Å². The second kappa shape index (κ2) is 7.88. The number of hydrogen-bond donors (Lipinski definition) is 1. The second-order valence-corrected chi connectivity index (χ2v) is 6.91. The Hall–Kier alpha value is -2.73. The van der Waals surface area contributed by atoms with Gasteiger partial charge in [-0.05, 0) is 24.5 Å². The van der Waals surface area contributed by atoms with Crippen molar-refractivity contribution in [2.75, 3.05) is 25.5 Å². The lowest BCUT2D eigenvalue weighted by Crippen LogP contribution is -2.38. The number of aromatic nitrogens is 2. The maximum absolute atomic E-state index is 13.9. The first kappa shape index (κ1) is 17.7. The first-order valence-corrected chi connectivity index (χ1v) is 9.24. The SMILES string of the molecule is COc1cc2c(NC3CCN(Cc4ccccc4)CC3)ncnc2cc1F. The molecule has 27 heavy (non-hydrogen) atoms. The van der Waals surface area contributed by atoms with Gasteiger partial charge in [-0.2, -0.15) is 0 Å². The third-order valence-corrected chi connectivity index (χ3v) is 5.09. The van der Waals surface area contributed by atoms with Gasteiger partial charge in [0.25, 0.3) is 0 Å². The number of hydrogen-bond acceptors (Lipinski definition) is 5. The third kappa shape index (κ3) is 4.01. The van der Waals surface area contributed by atoms with E-state index >= 15 is 0 Å². The number of methoxy groups -OCH3 is 1. The summed E-state index contributed by atoms with van der Waals surface area (Å²) in [6.07, 6.45) is 3.55. The van der Waals surface area contributed by atoms with Gasteiger partial charge in [-0.25, -0.2) is 14.4 Å². The van der Waals surface area contributed by atoms with Crippen molar-refractivity contribution in [1.82, 2.24) is 14.9 Å². The van der Waals surface area contributed by atoms with Crippen molar-refractivity contribution >= 4 is 16.7 Å². The van der Waals surface area contributed by atoms with Crippen LogP contribution in [0.15, 0.2) is 48.8 Å². The molecule has 2 aromatic carbocycles. The molecule has 1 aliphatic rings. The van der Waals surface area contributed by atoms with Crippen LogP contribution in [0.4, 0.5) is 10.2 Å². The Bertz CT molecular complexity index is 911. The number of piperidine rings is 1. The molecule has 0 spiro atoms. The molecular formula is C21H23FN4O. The van der Waals surface area contributed by atoms with Crippen molar-refractivity contribution in [1.29, 1.82) is 0 Å². The van der Waals surface area contributed by atoms with Gasteiger partial charge in [0.2, 0.25) is 0 Å². The molecule has 5 nitrogen and oxygen atoms in total. The van der Waals surface area contributed by atoms with Crippen LogP contribution >= 0.6 is 0 Å². The van der Waals surface area contributed by atoms with Crippen LogP contribution in [0.2, 0.25) is 0 Å². The van der Waals surface area contributed by atoms with E-state index in [0.29, 0.717) is 11.6 Å². The zero-order valence-corrected chi connectivity index (χ0v) is 15.4. The molecule has 0 radical (unpaired) electrons. The van der Waals surface area contributed by atoms with E-state index in [1.54, 1.807) is 6.07 Å². The number of nitrogens with one attached hydrogen (secondary N) is 1. The minimum absolute atomic E-state index is 0.207. The second-order valence-electron chi connectivity index (χ2n) is 6.91. The van der Waals surface area contributed by atoms with E-state index in [2.05, 4.69) is 44.5 Å². The van der Waals surface area contributed by atoms with E-state index in [9.17, 15) is 4.39 Å². The molecule has 1 saturated heterocycles. The maximum atomic E-state index is 13.9. The molecule has 0 unspecified atom stereocenters. The fraction of sp³-hybridized carbons (Fsp3) is 0.333. The molecule has 0 aliphatic carbocycles. The van der Waals surface area contributed by atoms with Crippen LogP contribution < -0.4 is 10.1 Å². The molecule has 2 heterocycles. The number of anilines is 1.